The number of nitro groups is 2. The maximum atomic E-state index is 12.1. The van der Waals surface area contributed by atoms with Gasteiger partial charge in [0.2, 0.25) is 0 Å². The van der Waals surface area contributed by atoms with Gasteiger partial charge in [0.05, 0.1) is 21.6 Å². The predicted octanol–water partition coefficient (Wildman–Crippen LogP) is 5.12. The van der Waals surface area contributed by atoms with Crippen LogP contribution in [-0.4, -0.2) is 27.3 Å². The van der Waals surface area contributed by atoms with Gasteiger partial charge in [0.15, 0.2) is 0 Å². The second-order valence-electron chi connectivity index (χ2n) is 6.77. The van der Waals surface area contributed by atoms with Crippen LogP contribution in [0.4, 0.5) is 11.4 Å². The number of benzene rings is 2. The SMILES string of the molecule is O=C(O/N=C\c1cc([N+](=O)[O-])ccc1SC1CCCCC1)c1ccc([N+](=O)[O-])cc1. The Bertz CT molecular complexity index is 971. The zero-order valence-corrected chi connectivity index (χ0v) is 16.7. The lowest BCUT2D eigenvalue weighted by Crippen LogP contribution is -2.08. The van der Waals surface area contributed by atoms with Crippen LogP contribution >= 0.6 is 11.8 Å². The Hall–Kier alpha value is -3.27. The summed E-state index contributed by atoms with van der Waals surface area (Å²) in [6, 6.07) is 9.47. The molecule has 0 amide bonds. The van der Waals surface area contributed by atoms with Gasteiger partial charge < -0.3 is 4.84 Å². The summed E-state index contributed by atoms with van der Waals surface area (Å²) >= 11 is 1.65. The molecule has 0 bridgehead atoms. The van der Waals surface area contributed by atoms with Gasteiger partial charge >= 0.3 is 5.97 Å². The van der Waals surface area contributed by atoms with Crippen molar-refractivity contribution >= 4 is 35.3 Å². The van der Waals surface area contributed by atoms with Crippen LogP contribution in [0.15, 0.2) is 52.5 Å². The number of thioether (sulfide) groups is 1. The molecule has 9 nitrogen and oxygen atoms in total. The molecular weight excluding hydrogens is 410 g/mol. The zero-order chi connectivity index (χ0) is 21.5. The highest BCUT2D eigenvalue weighted by atomic mass is 32.2. The minimum atomic E-state index is -0.784. The Labute approximate surface area is 176 Å². The molecule has 1 fully saturated rings. The average Bonchev–Trinajstić information content (AvgIpc) is 2.75. The van der Waals surface area contributed by atoms with E-state index in [0.717, 1.165) is 17.7 Å². The Kier molecular flexibility index (Phi) is 7.12. The maximum absolute atomic E-state index is 12.1. The molecule has 1 aliphatic carbocycles. The number of non-ortho nitro benzene ring substituents is 2. The molecule has 0 aliphatic heterocycles. The van der Waals surface area contributed by atoms with Crippen molar-refractivity contribution in [3.8, 4) is 0 Å². The van der Waals surface area contributed by atoms with Crippen molar-refractivity contribution in [1.82, 2.24) is 0 Å². The van der Waals surface area contributed by atoms with E-state index in [2.05, 4.69) is 5.16 Å². The number of rotatable bonds is 7. The minimum absolute atomic E-state index is 0.0776. The number of hydrogen-bond donors (Lipinski definition) is 0. The van der Waals surface area contributed by atoms with E-state index in [0.29, 0.717) is 10.8 Å². The second-order valence-corrected chi connectivity index (χ2v) is 8.12. The van der Waals surface area contributed by atoms with E-state index in [9.17, 15) is 25.0 Å². The number of nitro benzene ring substituents is 2. The van der Waals surface area contributed by atoms with Gasteiger partial charge in [-0.05, 0) is 31.0 Å². The molecule has 0 radical (unpaired) electrons. The predicted molar refractivity (Wildman–Crippen MR) is 112 cm³/mol. The molecule has 0 aromatic heterocycles. The summed E-state index contributed by atoms with van der Waals surface area (Å²) < 4.78 is 0. The number of nitrogens with zero attached hydrogens (tertiary/aromatic N) is 3. The molecule has 0 N–H and O–H groups in total. The molecule has 30 heavy (non-hydrogen) atoms. The van der Waals surface area contributed by atoms with Crippen molar-refractivity contribution in [3.05, 3.63) is 73.8 Å². The molecule has 1 aliphatic rings. The largest absolute Gasteiger partial charge is 0.365 e. The van der Waals surface area contributed by atoms with Gasteiger partial charge in [0.25, 0.3) is 11.4 Å². The lowest BCUT2D eigenvalue weighted by atomic mass is 10.0. The van der Waals surface area contributed by atoms with E-state index in [4.69, 9.17) is 4.84 Å². The van der Waals surface area contributed by atoms with E-state index in [1.807, 2.05) is 0 Å². The molecule has 0 heterocycles. The van der Waals surface area contributed by atoms with Gasteiger partial charge in [-0.2, -0.15) is 0 Å². The molecule has 0 atom stereocenters. The Morgan fingerprint density at radius 3 is 2.27 bits per heavy atom. The molecular formula is C20H19N3O6S. The summed E-state index contributed by atoms with van der Waals surface area (Å²) in [5, 5.41) is 25.9. The fourth-order valence-corrected chi connectivity index (χ4v) is 4.45. The smallest absolute Gasteiger partial charge is 0.313 e. The normalized spacial score (nSPS) is 14.5. The van der Waals surface area contributed by atoms with Gasteiger partial charge in [0.1, 0.15) is 0 Å². The van der Waals surface area contributed by atoms with Crippen LogP contribution in [0.3, 0.4) is 0 Å². The topological polar surface area (TPSA) is 125 Å². The molecule has 0 spiro atoms. The van der Waals surface area contributed by atoms with Crippen LogP contribution in [0.25, 0.3) is 0 Å². The molecule has 2 aromatic carbocycles. The van der Waals surface area contributed by atoms with Crippen molar-refractivity contribution < 1.29 is 19.5 Å². The minimum Gasteiger partial charge on any atom is -0.313 e. The summed E-state index contributed by atoms with van der Waals surface area (Å²) in [4.78, 5) is 38.5. The van der Waals surface area contributed by atoms with Gasteiger partial charge in [-0.15, -0.1) is 11.8 Å². The first-order valence-electron chi connectivity index (χ1n) is 9.38. The maximum Gasteiger partial charge on any atom is 0.365 e. The third-order valence-electron chi connectivity index (χ3n) is 4.69. The van der Waals surface area contributed by atoms with Crippen LogP contribution in [0.2, 0.25) is 0 Å². The van der Waals surface area contributed by atoms with Crippen LogP contribution in [-0.2, 0) is 4.84 Å². The molecule has 0 saturated heterocycles. The average molecular weight is 429 g/mol. The number of carbonyl (C=O) groups excluding carboxylic acids is 1. The first kappa shape index (κ1) is 21.4. The molecule has 0 unspecified atom stereocenters. The van der Waals surface area contributed by atoms with Crippen molar-refractivity contribution in [3.63, 3.8) is 0 Å². The van der Waals surface area contributed by atoms with Gasteiger partial charge in [-0.3, -0.25) is 20.2 Å². The lowest BCUT2D eigenvalue weighted by Gasteiger charge is -2.21. The van der Waals surface area contributed by atoms with Crippen LogP contribution in [0.1, 0.15) is 48.0 Å². The Morgan fingerprint density at radius 2 is 1.63 bits per heavy atom. The summed E-state index contributed by atoms with van der Waals surface area (Å²) in [6.45, 7) is 0. The number of oxime groups is 1. The molecule has 1 saturated carbocycles. The monoisotopic (exact) mass is 429 g/mol. The third kappa shape index (κ3) is 5.63. The van der Waals surface area contributed by atoms with E-state index >= 15 is 0 Å². The van der Waals surface area contributed by atoms with E-state index in [1.54, 1.807) is 17.8 Å². The van der Waals surface area contributed by atoms with E-state index in [-0.39, 0.29) is 16.9 Å². The highest BCUT2D eigenvalue weighted by molar-refractivity contribution is 8.00. The van der Waals surface area contributed by atoms with Crippen molar-refractivity contribution in [1.29, 1.82) is 0 Å². The first-order valence-corrected chi connectivity index (χ1v) is 10.3. The summed E-state index contributed by atoms with van der Waals surface area (Å²) in [5.74, 6) is -0.784. The summed E-state index contributed by atoms with van der Waals surface area (Å²) in [7, 11) is 0. The highest BCUT2D eigenvalue weighted by Crippen LogP contribution is 2.36. The van der Waals surface area contributed by atoms with E-state index in [1.165, 1.54) is 61.9 Å². The summed E-state index contributed by atoms with van der Waals surface area (Å²) in [5.41, 5.74) is 0.382. The summed E-state index contributed by atoms with van der Waals surface area (Å²) in [6.07, 6.45) is 7.02. The quantitative estimate of drug-likeness (QED) is 0.259. The van der Waals surface area contributed by atoms with Crippen LogP contribution in [0, 0.1) is 20.2 Å². The van der Waals surface area contributed by atoms with Crippen molar-refractivity contribution in [2.45, 2.75) is 42.2 Å². The van der Waals surface area contributed by atoms with Crippen molar-refractivity contribution in [2.75, 3.05) is 0 Å². The van der Waals surface area contributed by atoms with Crippen molar-refractivity contribution in [2.24, 2.45) is 5.16 Å². The zero-order valence-electron chi connectivity index (χ0n) is 15.9. The van der Waals surface area contributed by atoms with Gasteiger partial charge in [-0.25, -0.2) is 4.79 Å². The number of hydrogen-bond acceptors (Lipinski definition) is 8. The van der Waals surface area contributed by atoms with E-state index < -0.39 is 15.8 Å². The molecule has 2 aromatic rings. The Morgan fingerprint density at radius 1 is 1.00 bits per heavy atom. The third-order valence-corrected chi connectivity index (χ3v) is 6.12. The Balaban J connectivity index is 1.73. The molecule has 10 heteroatoms. The van der Waals surface area contributed by atoms with Crippen LogP contribution in [0.5, 0.6) is 0 Å². The fraction of sp³-hybridized carbons (Fsp3) is 0.300. The second kappa shape index (κ2) is 9.97. The van der Waals surface area contributed by atoms with Crippen LogP contribution < -0.4 is 0 Å². The lowest BCUT2D eigenvalue weighted by molar-refractivity contribution is -0.385. The first-order chi connectivity index (χ1) is 14.4. The van der Waals surface area contributed by atoms with Gasteiger partial charge in [0, 0.05) is 40.0 Å². The number of carbonyl (C=O) groups is 1. The standard InChI is InChI=1S/C20H19N3O6S/c24-20(14-6-8-16(9-7-14)22(25)26)29-21-13-15-12-17(23(27)28)10-11-19(15)30-18-4-2-1-3-5-18/h6-13,18H,1-5H2/b21-13-. The molecule has 3 rings (SSSR count). The molecule has 156 valence electrons. The fourth-order valence-electron chi connectivity index (χ4n) is 3.12. The highest BCUT2D eigenvalue weighted by Gasteiger charge is 2.18. The van der Waals surface area contributed by atoms with Gasteiger partial charge in [-0.1, -0.05) is 24.4 Å².